The summed E-state index contributed by atoms with van der Waals surface area (Å²) in [7, 11) is 0. The topological polar surface area (TPSA) is 75.4 Å². The zero-order valence-corrected chi connectivity index (χ0v) is 16.5. The monoisotopic (exact) mass is 407 g/mol. The summed E-state index contributed by atoms with van der Waals surface area (Å²) in [5.74, 6) is 2.37. The molecular formula is C22H22FN5O2. The lowest BCUT2D eigenvalue weighted by atomic mass is 10.1. The van der Waals surface area contributed by atoms with E-state index in [1.54, 1.807) is 18.3 Å². The van der Waals surface area contributed by atoms with E-state index in [4.69, 9.17) is 4.52 Å². The maximum absolute atomic E-state index is 13.0. The van der Waals surface area contributed by atoms with Gasteiger partial charge in [0, 0.05) is 43.9 Å². The Kier molecular flexibility index (Phi) is 4.90. The number of amides is 1. The molecule has 1 saturated carbocycles. The Labute approximate surface area is 173 Å². The minimum atomic E-state index is -0.291. The molecule has 1 aliphatic heterocycles. The Balaban J connectivity index is 1.17. The first-order valence-corrected chi connectivity index (χ1v) is 10.2. The number of hydrogen-bond acceptors (Lipinski definition) is 6. The summed E-state index contributed by atoms with van der Waals surface area (Å²) in [6, 6.07) is 10.0. The van der Waals surface area contributed by atoms with Gasteiger partial charge in [-0.3, -0.25) is 4.79 Å². The largest absolute Gasteiger partial charge is 0.353 e. The second-order valence-electron chi connectivity index (χ2n) is 7.81. The van der Waals surface area contributed by atoms with Crippen molar-refractivity contribution < 1.29 is 13.7 Å². The molecule has 1 aromatic carbocycles. The van der Waals surface area contributed by atoms with Crippen LogP contribution in [0, 0.1) is 5.82 Å². The van der Waals surface area contributed by atoms with E-state index in [2.05, 4.69) is 20.0 Å². The van der Waals surface area contributed by atoms with Crippen molar-refractivity contribution >= 4 is 11.7 Å². The quantitative estimate of drug-likeness (QED) is 0.647. The highest BCUT2D eigenvalue weighted by molar-refractivity contribution is 5.79. The third-order valence-corrected chi connectivity index (χ3v) is 5.60. The van der Waals surface area contributed by atoms with Crippen molar-refractivity contribution in [3.63, 3.8) is 0 Å². The first-order valence-electron chi connectivity index (χ1n) is 10.2. The van der Waals surface area contributed by atoms with Crippen molar-refractivity contribution in [1.82, 2.24) is 20.0 Å². The van der Waals surface area contributed by atoms with Gasteiger partial charge in [0.15, 0.2) is 0 Å². The van der Waals surface area contributed by atoms with Crippen molar-refractivity contribution in [2.75, 3.05) is 31.1 Å². The number of nitrogens with zero attached hydrogens (tertiary/aromatic N) is 5. The summed E-state index contributed by atoms with van der Waals surface area (Å²) >= 11 is 0. The highest BCUT2D eigenvalue weighted by Crippen LogP contribution is 2.39. The minimum absolute atomic E-state index is 0.0631. The lowest BCUT2D eigenvalue weighted by Crippen LogP contribution is -2.49. The lowest BCUT2D eigenvalue weighted by molar-refractivity contribution is -0.130. The number of pyridine rings is 1. The molecule has 0 unspecified atom stereocenters. The molecule has 0 radical (unpaired) electrons. The van der Waals surface area contributed by atoms with Crippen molar-refractivity contribution in [3.05, 3.63) is 59.9 Å². The van der Waals surface area contributed by atoms with E-state index in [9.17, 15) is 9.18 Å². The molecule has 1 amide bonds. The van der Waals surface area contributed by atoms with Crippen LogP contribution in [-0.4, -0.2) is 52.1 Å². The summed E-state index contributed by atoms with van der Waals surface area (Å²) in [6.45, 7) is 2.71. The van der Waals surface area contributed by atoms with Gasteiger partial charge in [0.25, 0.3) is 0 Å². The molecule has 7 nitrogen and oxygen atoms in total. The van der Waals surface area contributed by atoms with Gasteiger partial charge in [0.1, 0.15) is 11.6 Å². The van der Waals surface area contributed by atoms with Crippen LogP contribution >= 0.6 is 0 Å². The normalized spacial score (nSPS) is 16.7. The maximum atomic E-state index is 13.0. The summed E-state index contributed by atoms with van der Waals surface area (Å²) in [5.41, 5.74) is 1.66. The number of halogens is 1. The molecule has 2 aromatic heterocycles. The van der Waals surface area contributed by atoms with Crippen LogP contribution in [-0.2, 0) is 11.2 Å². The van der Waals surface area contributed by atoms with Crippen LogP contribution in [0.2, 0.25) is 0 Å². The average molecular weight is 407 g/mol. The Hall–Kier alpha value is -3.29. The van der Waals surface area contributed by atoms with E-state index < -0.39 is 0 Å². The summed E-state index contributed by atoms with van der Waals surface area (Å²) in [5, 5.41) is 4.05. The highest BCUT2D eigenvalue weighted by atomic mass is 19.1. The molecular weight excluding hydrogens is 385 g/mol. The third-order valence-electron chi connectivity index (χ3n) is 5.60. The maximum Gasteiger partial charge on any atom is 0.230 e. The predicted octanol–water partition coefficient (Wildman–Crippen LogP) is 3.04. The number of rotatable bonds is 5. The molecule has 1 aliphatic carbocycles. The number of benzene rings is 1. The fourth-order valence-electron chi connectivity index (χ4n) is 3.63. The summed E-state index contributed by atoms with van der Waals surface area (Å²) < 4.78 is 18.3. The fraction of sp³-hybridized carbons (Fsp3) is 0.364. The summed E-state index contributed by atoms with van der Waals surface area (Å²) in [4.78, 5) is 25.6. The Morgan fingerprint density at radius 1 is 1.07 bits per heavy atom. The minimum Gasteiger partial charge on any atom is -0.353 e. The van der Waals surface area contributed by atoms with Crippen LogP contribution in [0.5, 0.6) is 0 Å². The van der Waals surface area contributed by atoms with Crippen molar-refractivity contribution in [3.8, 4) is 11.4 Å². The van der Waals surface area contributed by atoms with E-state index in [1.807, 2.05) is 17.0 Å². The van der Waals surface area contributed by atoms with Gasteiger partial charge in [-0.15, -0.1) is 0 Å². The van der Waals surface area contributed by atoms with Gasteiger partial charge in [0.2, 0.25) is 17.6 Å². The lowest BCUT2D eigenvalue weighted by Gasteiger charge is -2.35. The molecule has 2 aliphatic rings. The van der Waals surface area contributed by atoms with E-state index in [0.717, 1.165) is 48.8 Å². The van der Waals surface area contributed by atoms with Gasteiger partial charge in [-0.05, 0) is 42.7 Å². The molecule has 2 fully saturated rings. The molecule has 30 heavy (non-hydrogen) atoms. The van der Waals surface area contributed by atoms with E-state index >= 15 is 0 Å². The standard InChI is InChI=1S/C22H22FN5O2/c23-18-6-1-15(2-7-18)13-20(29)28-11-9-27(10-12-28)19-8-5-17(14-24-19)21-25-22(30-26-21)16-3-4-16/h1-2,5-8,14,16H,3-4,9-13H2. The van der Waals surface area contributed by atoms with Crippen LogP contribution in [0.1, 0.15) is 30.2 Å². The molecule has 0 spiro atoms. The SMILES string of the molecule is O=C(Cc1ccc(F)cc1)N1CCN(c2ccc(-c3noc(C4CC4)n3)cn2)CC1. The number of aromatic nitrogens is 3. The number of carbonyl (C=O) groups is 1. The van der Waals surface area contributed by atoms with E-state index in [1.165, 1.54) is 12.1 Å². The van der Waals surface area contributed by atoms with Crippen molar-refractivity contribution in [2.24, 2.45) is 0 Å². The van der Waals surface area contributed by atoms with Gasteiger partial charge in [-0.2, -0.15) is 4.98 Å². The Morgan fingerprint density at radius 3 is 2.50 bits per heavy atom. The molecule has 0 bridgehead atoms. The van der Waals surface area contributed by atoms with Crippen LogP contribution in [0.25, 0.3) is 11.4 Å². The highest BCUT2D eigenvalue weighted by Gasteiger charge is 2.30. The van der Waals surface area contributed by atoms with Crippen LogP contribution in [0.4, 0.5) is 10.2 Å². The molecule has 154 valence electrons. The van der Waals surface area contributed by atoms with E-state index in [0.29, 0.717) is 31.3 Å². The molecule has 3 aromatic rings. The van der Waals surface area contributed by atoms with Crippen LogP contribution < -0.4 is 4.90 Å². The van der Waals surface area contributed by atoms with E-state index in [-0.39, 0.29) is 11.7 Å². The van der Waals surface area contributed by atoms with Gasteiger partial charge in [-0.25, -0.2) is 9.37 Å². The number of hydrogen-bond donors (Lipinski definition) is 0. The molecule has 1 saturated heterocycles. The number of piperazine rings is 1. The first kappa shape index (κ1) is 18.7. The predicted molar refractivity (Wildman–Crippen MR) is 108 cm³/mol. The second kappa shape index (κ2) is 7.85. The third kappa shape index (κ3) is 4.03. The van der Waals surface area contributed by atoms with Gasteiger partial charge < -0.3 is 14.3 Å². The summed E-state index contributed by atoms with van der Waals surface area (Å²) in [6.07, 6.45) is 4.30. The number of anilines is 1. The molecule has 5 rings (SSSR count). The molecule has 3 heterocycles. The number of carbonyl (C=O) groups excluding carboxylic acids is 1. The van der Waals surface area contributed by atoms with Gasteiger partial charge >= 0.3 is 0 Å². The zero-order chi connectivity index (χ0) is 20.5. The zero-order valence-electron chi connectivity index (χ0n) is 16.5. The van der Waals surface area contributed by atoms with Crippen molar-refractivity contribution in [1.29, 1.82) is 0 Å². The van der Waals surface area contributed by atoms with Gasteiger partial charge in [0.05, 0.1) is 6.42 Å². The molecule has 0 N–H and O–H groups in total. The Morgan fingerprint density at radius 2 is 1.83 bits per heavy atom. The first-order chi connectivity index (χ1) is 14.7. The smallest absolute Gasteiger partial charge is 0.230 e. The second-order valence-corrected chi connectivity index (χ2v) is 7.81. The average Bonchev–Trinajstić information content (AvgIpc) is 3.52. The van der Waals surface area contributed by atoms with Crippen LogP contribution in [0.15, 0.2) is 47.1 Å². The Bertz CT molecular complexity index is 1020. The fourth-order valence-corrected chi connectivity index (χ4v) is 3.63. The molecule has 8 heteroatoms. The van der Waals surface area contributed by atoms with Crippen LogP contribution in [0.3, 0.4) is 0 Å². The van der Waals surface area contributed by atoms with Crippen molar-refractivity contribution in [2.45, 2.75) is 25.2 Å². The molecule has 0 atom stereocenters. The van der Waals surface area contributed by atoms with Gasteiger partial charge in [-0.1, -0.05) is 17.3 Å².